The van der Waals surface area contributed by atoms with Crippen molar-refractivity contribution < 1.29 is 4.79 Å². The Morgan fingerprint density at radius 2 is 1.62 bits per heavy atom. The molecule has 0 bridgehead atoms. The number of hydrogen-bond donors (Lipinski definition) is 1. The largest absolute Gasteiger partial charge is 0.345 e. The fourth-order valence-electron chi connectivity index (χ4n) is 2.62. The molecule has 0 saturated heterocycles. The van der Waals surface area contributed by atoms with Gasteiger partial charge in [0.25, 0.3) is 5.91 Å². The van der Waals surface area contributed by atoms with Crippen molar-refractivity contribution in [2.24, 2.45) is 0 Å². The predicted octanol–water partition coefficient (Wildman–Crippen LogP) is 6.23. The number of thioether (sulfide) groups is 1. The van der Waals surface area contributed by atoms with Gasteiger partial charge in [-0.05, 0) is 42.3 Å². The minimum absolute atomic E-state index is 0.0448. The fraction of sp³-hybridized carbons (Fsp3) is 0.136. The molecule has 1 N–H and O–H groups in total. The zero-order chi connectivity index (χ0) is 18.4. The number of rotatable bonds is 6. The summed E-state index contributed by atoms with van der Waals surface area (Å²) in [6.07, 6.45) is 0. The topological polar surface area (TPSA) is 29.1 Å². The zero-order valence-corrected chi connectivity index (χ0v) is 16.9. The van der Waals surface area contributed by atoms with Crippen molar-refractivity contribution in [3.05, 3.63) is 100 Å². The lowest BCUT2D eigenvalue weighted by Gasteiger charge is -2.16. The van der Waals surface area contributed by atoms with Crippen molar-refractivity contribution in [3.63, 3.8) is 0 Å². The Kier molecular flexibility index (Phi) is 6.53. The molecule has 0 aliphatic heterocycles. The van der Waals surface area contributed by atoms with Gasteiger partial charge in [-0.3, -0.25) is 4.79 Å². The molecule has 4 heteroatoms. The van der Waals surface area contributed by atoms with Crippen molar-refractivity contribution in [2.45, 2.75) is 23.6 Å². The predicted molar refractivity (Wildman–Crippen MR) is 112 cm³/mol. The Bertz CT molecular complexity index is 865. The van der Waals surface area contributed by atoms with E-state index in [0.29, 0.717) is 0 Å². The van der Waals surface area contributed by atoms with Gasteiger partial charge in [-0.15, -0.1) is 11.8 Å². The minimum atomic E-state index is -0.0530. The van der Waals surface area contributed by atoms with Crippen LogP contribution in [0.15, 0.2) is 88.2 Å². The van der Waals surface area contributed by atoms with Crippen LogP contribution in [0.5, 0.6) is 0 Å². The first kappa shape index (κ1) is 18.7. The number of benzene rings is 3. The second-order valence-corrected chi connectivity index (χ2v) is 7.95. The van der Waals surface area contributed by atoms with Gasteiger partial charge in [0, 0.05) is 15.1 Å². The fourth-order valence-corrected chi connectivity index (χ4v) is 3.89. The molecule has 0 heterocycles. The minimum Gasteiger partial charge on any atom is -0.345 e. The molecule has 3 rings (SSSR count). The molecule has 0 spiro atoms. The Morgan fingerprint density at radius 3 is 2.35 bits per heavy atom. The van der Waals surface area contributed by atoms with Gasteiger partial charge in [0.2, 0.25) is 0 Å². The smallest absolute Gasteiger partial charge is 0.252 e. The Morgan fingerprint density at radius 1 is 0.962 bits per heavy atom. The summed E-state index contributed by atoms with van der Waals surface area (Å²) in [6, 6.07) is 26.0. The van der Waals surface area contributed by atoms with Crippen LogP contribution in [0.4, 0.5) is 0 Å². The molecular formula is C22H20BrNOS. The average Bonchev–Trinajstić information content (AvgIpc) is 2.68. The first-order valence-corrected chi connectivity index (χ1v) is 10.2. The van der Waals surface area contributed by atoms with Gasteiger partial charge in [0.1, 0.15) is 0 Å². The highest BCUT2D eigenvalue weighted by molar-refractivity contribution is 9.10. The molecule has 0 unspecified atom stereocenters. The molecule has 2 nitrogen and oxygen atoms in total. The molecule has 1 amide bonds. The van der Waals surface area contributed by atoms with Crippen LogP contribution < -0.4 is 5.32 Å². The van der Waals surface area contributed by atoms with E-state index in [0.717, 1.165) is 26.2 Å². The van der Waals surface area contributed by atoms with E-state index in [2.05, 4.69) is 33.4 Å². The number of amides is 1. The molecule has 1 atom stereocenters. The average molecular weight is 426 g/mol. The number of hydrogen-bond acceptors (Lipinski definition) is 2. The van der Waals surface area contributed by atoms with Crippen LogP contribution in [0, 0.1) is 0 Å². The second-order valence-electron chi connectivity index (χ2n) is 6.02. The third kappa shape index (κ3) is 4.99. The van der Waals surface area contributed by atoms with Crippen molar-refractivity contribution in [1.29, 1.82) is 0 Å². The summed E-state index contributed by atoms with van der Waals surface area (Å²) in [4.78, 5) is 13.8. The lowest BCUT2D eigenvalue weighted by molar-refractivity contribution is 0.0937. The highest BCUT2D eigenvalue weighted by Crippen LogP contribution is 2.27. The molecule has 0 radical (unpaired) electrons. The summed E-state index contributed by atoms with van der Waals surface area (Å²) in [5.41, 5.74) is 3.05. The van der Waals surface area contributed by atoms with Crippen molar-refractivity contribution in [2.75, 3.05) is 0 Å². The zero-order valence-electron chi connectivity index (χ0n) is 14.5. The van der Waals surface area contributed by atoms with E-state index in [1.54, 1.807) is 11.8 Å². The van der Waals surface area contributed by atoms with Gasteiger partial charge in [-0.1, -0.05) is 70.5 Å². The maximum Gasteiger partial charge on any atom is 0.252 e. The summed E-state index contributed by atoms with van der Waals surface area (Å²) in [5, 5.41) is 3.10. The van der Waals surface area contributed by atoms with E-state index in [9.17, 15) is 4.79 Å². The van der Waals surface area contributed by atoms with E-state index in [-0.39, 0.29) is 11.9 Å². The summed E-state index contributed by atoms with van der Waals surface area (Å²) < 4.78 is 1.03. The van der Waals surface area contributed by atoms with Crippen LogP contribution in [-0.4, -0.2) is 5.91 Å². The number of nitrogens with one attached hydrogen (secondary N) is 1. The van der Waals surface area contributed by atoms with Gasteiger partial charge in [0.15, 0.2) is 0 Å². The van der Waals surface area contributed by atoms with E-state index in [1.165, 1.54) is 5.56 Å². The summed E-state index contributed by atoms with van der Waals surface area (Å²) in [5.74, 6) is 0.796. The summed E-state index contributed by atoms with van der Waals surface area (Å²) >= 11 is 5.12. The van der Waals surface area contributed by atoms with Gasteiger partial charge in [-0.2, -0.15) is 0 Å². The highest BCUT2D eigenvalue weighted by Gasteiger charge is 2.15. The van der Waals surface area contributed by atoms with E-state index < -0.39 is 0 Å². The van der Waals surface area contributed by atoms with Gasteiger partial charge in [0.05, 0.1) is 11.6 Å². The summed E-state index contributed by atoms with van der Waals surface area (Å²) in [6.45, 7) is 2.00. The number of halogens is 1. The van der Waals surface area contributed by atoms with Gasteiger partial charge in [-0.25, -0.2) is 0 Å². The molecule has 26 heavy (non-hydrogen) atoms. The Labute approximate surface area is 167 Å². The number of carbonyl (C=O) groups is 1. The lowest BCUT2D eigenvalue weighted by atomic mass is 10.1. The molecule has 3 aromatic carbocycles. The third-order valence-electron chi connectivity index (χ3n) is 4.09. The molecule has 0 aliphatic rings. The first-order chi connectivity index (χ1) is 12.6. The van der Waals surface area contributed by atoms with Gasteiger partial charge >= 0.3 is 0 Å². The van der Waals surface area contributed by atoms with Crippen molar-refractivity contribution in [1.82, 2.24) is 5.32 Å². The Balaban J connectivity index is 1.70. The second kappa shape index (κ2) is 9.06. The number of carbonyl (C=O) groups excluding carboxylic acids is 1. The quantitative estimate of drug-likeness (QED) is 0.474. The van der Waals surface area contributed by atoms with Gasteiger partial charge < -0.3 is 5.32 Å². The molecular weight excluding hydrogens is 406 g/mol. The third-order valence-corrected chi connectivity index (χ3v) is 5.76. The van der Waals surface area contributed by atoms with E-state index in [4.69, 9.17) is 0 Å². The monoisotopic (exact) mass is 425 g/mol. The SMILES string of the molecule is C[C@H](NC(=O)c1ccccc1SCc1ccccc1)c1ccc(Br)cc1. The van der Waals surface area contributed by atoms with Crippen LogP contribution in [0.25, 0.3) is 0 Å². The Hall–Kier alpha value is -2.04. The van der Waals surface area contributed by atoms with Crippen molar-refractivity contribution >= 4 is 33.6 Å². The van der Waals surface area contributed by atoms with Crippen LogP contribution in [0.1, 0.15) is 34.5 Å². The molecule has 0 fully saturated rings. The maximum atomic E-state index is 12.8. The molecule has 132 valence electrons. The highest BCUT2D eigenvalue weighted by atomic mass is 79.9. The molecule has 0 saturated carbocycles. The molecule has 3 aromatic rings. The normalized spacial score (nSPS) is 11.8. The van der Waals surface area contributed by atoms with E-state index in [1.807, 2.05) is 73.7 Å². The van der Waals surface area contributed by atoms with E-state index >= 15 is 0 Å². The van der Waals surface area contributed by atoms with Crippen LogP contribution >= 0.6 is 27.7 Å². The standard InChI is InChI=1S/C22H20BrNOS/c1-16(18-11-13-19(23)14-12-18)24-22(25)20-9-5-6-10-21(20)26-15-17-7-3-2-4-8-17/h2-14,16H,15H2,1H3,(H,24,25)/t16-/m0/s1. The molecule has 0 aromatic heterocycles. The van der Waals surface area contributed by atoms with Crippen LogP contribution in [-0.2, 0) is 5.75 Å². The van der Waals surface area contributed by atoms with Crippen LogP contribution in [0.2, 0.25) is 0 Å². The van der Waals surface area contributed by atoms with Crippen molar-refractivity contribution in [3.8, 4) is 0 Å². The summed E-state index contributed by atoms with van der Waals surface area (Å²) in [7, 11) is 0. The van der Waals surface area contributed by atoms with Crippen LogP contribution in [0.3, 0.4) is 0 Å². The lowest BCUT2D eigenvalue weighted by Crippen LogP contribution is -2.27. The molecule has 0 aliphatic carbocycles. The maximum absolute atomic E-state index is 12.8. The first-order valence-electron chi connectivity index (χ1n) is 8.45.